The number of anilines is 1. The molecule has 1 aliphatic heterocycles. The zero-order chi connectivity index (χ0) is 14.0. The van der Waals surface area contributed by atoms with Crippen LogP contribution in [0.15, 0.2) is 18.5 Å². The fraction of sp³-hybridized carbons (Fsp3) is 0.500. The van der Waals surface area contributed by atoms with Gasteiger partial charge in [-0.2, -0.15) is 0 Å². The van der Waals surface area contributed by atoms with Crippen molar-refractivity contribution in [2.75, 3.05) is 5.32 Å². The van der Waals surface area contributed by atoms with Crippen LogP contribution in [0.4, 0.5) is 5.69 Å². The normalized spacial score (nSPS) is 20.8. The molecule has 1 N–H and O–H groups in total. The maximum absolute atomic E-state index is 12.3. The molecule has 2 unspecified atom stereocenters. The van der Waals surface area contributed by atoms with Gasteiger partial charge in [-0.25, -0.2) is 0 Å². The molecule has 0 aliphatic carbocycles. The summed E-state index contributed by atoms with van der Waals surface area (Å²) >= 11 is 0. The number of amides is 2. The summed E-state index contributed by atoms with van der Waals surface area (Å²) in [6, 6.07) is 1.36. The van der Waals surface area contributed by atoms with Gasteiger partial charge >= 0.3 is 0 Å². The summed E-state index contributed by atoms with van der Waals surface area (Å²) in [6.45, 7) is 5.81. The third-order valence-corrected chi connectivity index (χ3v) is 3.58. The number of hydrogen-bond donors (Lipinski definition) is 1. The van der Waals surface area contributed by atoms with Crippen LogP contribution in [-0.4, -0.2) is 33.8 Å². The molecule has 5 heteroatoms. The first-order valence-electron chi connectivity index (χ1n) is 6.57. The number of hydrogen-bond acceptors (Lipinski definition) is 4. The van der Waals surface area contributed by atoms with Crippen LogP contribution >= 0.6 is 0 Å². The van der Waals surface area contributed by atoms with E-state index >= 15 is 0 Å². The summed E-state index contributed by atoms with van der Waals surface area (Å²) < 4.78 is 0. The Morgan fingerprint density at radius 3 is 2.89 bits per heavy atom. The predicted molar refractivity (Wildman–Crippen MR) is 72.6 cm³/mol. The van der Waals surface area contributed by atoms with Gasteiger partial charge in [-0.15, -0.1) is 0 Å². The van der Waals surface area contributed by atoms with Crippen LogP contribution in [0.3, 0.4) is 0 Å². The summed E-state index contributed by atoms with van der Waals surface area (Å²) in [5, 5.41) is 3.12. The Labute approximate surface area is 113 Å². The molecule has 0 spiro atoms. The molecule has 1 saturated heterocycles. The van der Waals surface area contributed by atoms with Crippen molar-refractivity contribution in [2.45, 2.75) is 45.7 Å². The maximum Gasteiger partial charge on any atom is 0.252 e. The van der Waals surface area contributed by atoms with Gasteiger partial charge in [0.1, 0.15) is 6.04 Å². The first kappa shape index (κ1) is 13.5. The van der Waals surface area contributed by atoms with Crippen molar-refractivity contribution in [3.8, 4) is 0 Å². The Bertz CT molecular complexity index is 501. The number of aromatic nitrogens is 1. The van der Waals surface area contributed by atoms with Gasteiger partial charge in [0.2, 0.25) is 5.91 Å². The van der Waals surface area contributed by atoms with E-state index in [0.717, 1.165) is 17.7 Å². The maximum atomic E-state index is 12.3. The summed E-state index contributed by atoms with van der Waals surface area (Å²) in [5.74, 6) is -0.235. The van der Waals surface area contributed by atoms with Crippen LogP contribution in [0.1, 0.15) is 32.3 Å². The molecule has 0 bridgehead atoms. The Morgan fingerprint density at radius 1 is 1.53 bits per heavy atom. The van der Waals surface area contributed by atoms with Gasteiger partial charge in [0.05, 0.1) is 18.3 Å². The molecule has 2 amide bonds. The van der Waals surface area contributed by atoms with Gasteiger partial charge in [-0.3, -0.25) is 19.5 Å². The Morgan fingerprint density at radius 2 is 2.26 bits per heavy atom. The second-order valence-corrected chi connectivity index (χ2v) is 4.95. The molecule has 1 aromatic rings. The minimum Gasteiger partial charge on any atom is -0.372 e. The number of aryl methyl sites for hydroxylation is 1. The van der Waals surface area contributed by atoms with Gasteiger partial charge in [0, 0.05) is 12.2 Å². The molecule has 1 aromatic heterocycles. The average Bonchev–Trinajstić information content (AvgIpc) is 2.66. The van der Waals surface area contributed by atoms with Gasteiger partial charge in [0.25, 0.3) is 5.91 Å². The van der Waals surface area contributed by atoms with E-state index in [0.29, 0.717) is 0 Å². The molecule has 1 aliphatic rings. The van der Waals surface area contributed by atoms with Crippen LogP contribution in [0.25, 0.3) is 0 Å². The lowest BCUT2D eigenvalue weighted by Crippen LogP contribution is -2.40. The smallest absolute Gasteiger partial charge is 0.252 e. The minimum atomic E-state index is -0.468. The fourth-order valence-corrected chi connectivity index (χ4v) is 2.21. The SMILES string of the molecule is CCC(C)N1C(=O)CC(Nc2cnccc2C)C1=O. The van der Waals surface area contributed by atoms with E-state index in [1.165, 1.54) is 4.90 Å². The van der Waals surface area contributed by atoms with E-state index in [-0.39, 0.29) is 24.3 Å². The standard InChI is InChI=1S/C14H19N3O2/c1-4-10(3)17-13(18)7-11(14(17)19)16-12-8-15-6-5-9(12)2/h5-6,8,10-11,16H,4,7H2,1-3H3. The van der Waals surface area contributed by atoms with E-state index in [4.69, 9.17) is 0 Å². The Hall–Kier alpha value is -1.91. The van der Waals surface area contributed by atoms with Crippen molar-refractivity contribution >= 4 is 17.5 Å². The number of pyridine rings is 1. The lowest BCUT2D eigenvalue weighted by molar-refractivity contribution is -0.140. The molecule has 5 nitrogen and oxygen atoms in total. The number of likely N-dealkylation sites (tertiary alicyclic amines) is 1. The molecule has 102 valence electrons. The number of carbonyl (C=O) groups is 2. The summed E-state index contributed by atoms with van der Waals surface area (Å²) in [4.78, 5) is 29.6. The molecule has 2 rings (SSSR count). The first-order chi connectivity index (χ1) is 9.04. The zero-order valence-corrected chi connectivity index (χ0v) is 11.5. The highest BCUT2D eigenvalue weighted by Gasteiger charge is 2.40. The summed E-state index contributed by atoms with van der Waals surface area (Å²) in [6.07, 6.45) is 4.38. The second-order valence-electron chi connectivity index (χ2n) is 4.95. The van der Waals surface area contributed by atoms with E-state index in [2.05, 4.69) is 10.3 Å². The second kappa shape index (κ2) is 5.38. The molecule has 2 heterocycles. The third kappa shape index (κ3) is 2.59. The van der Waals surface area contributed by atoms with Crippen molar-refractivity contribution in [1.29, 1.82) is 0 Å². The van der Waals surface area contributed by atoms with Gasteiger partial charge in [-0.1, -0.05) is 6.92 Å². The highest BCUT2D eigenvalue weighted by molar-refractivity contribution is 6.07. The van der Waals surface area contributed by atoms with Crippen LogP contribution < -0.4 is 5.32 Å². The lowest BCUT2D eigenvalue weighted by Gasteiger charge is -2.22. The number of nitrogens with zero attached hydrogens (tertiary/aromatic N) is 2. The largest absolute Gasteiger partial charge is 0.372 e. The molecular formula is C14H19N3O2. The van der Waals surface area contributed by atoms with Crippen molar-refractivity contribution in [1.82, 2.24) is 9.88 Å². The molecule has 2 atom stereocenters. The van der Waals surface area contributed by atoms with Crippen LogP contribution in [0.5, 0.6) is 0 Å². The van der Waals surface area contributed by atoms with Crippen molar-refractivity contribution in [3.05, 3.63) is 24.0 Å². The van der Waals surface area contributed by atoms with E-state index in [9.17, 15) is 9.59 Å². The van der Waals surface area contributed by atoms with Crippen LogP contribution in [-0.2, 0) is 9.59 Å². The molecule has 19 heavy (non-hydrogen) atoms. The van der Waals surface area contributed by atoms with Crippen LogP contribution in [0.2, 0.25) is 0 Å². The zero-order valence-electron chi connectivity index (χ0n) is 11.5. The highest BCUT2D eigenvalue weighted by Crippen LogP contribution is 2.22. The van der Waals surface area contributed by atoms with Crippen molar-refractivity contribution in [2.24, 2.45) is 0 Å². The summed E-state index contributed by atoms with van der Waals surface area (Å²) in [7, 11) is 0. The number of nitrogens with one attached hydrogen (secondary N) is 1. The van der Waals surface area contributed by atoms with E-state index in [1.54, 1.807) is 12.4 Å². The Balaban J connectivity index is 2.14. The Kier molecular flexibility index (Phi) is 3.83. The number of carbonyl (C=O) groups excluding carboxylic acids is 2. The van der Waals surface area contributed by atoms with Crippen molar-refractivity contribution in [3.63, 3.8) is 0 Å². The third-order valence-electron chi connectivity index (χ3n) is 3.58. The van der Waals surface area contributed by atoms with Crippen LogP contribution in [0, 0.1) is 6.92 Å². The lowest BCUT2D eigenvalue weighted by atomic mass is 10.2. The van der Waals surface area contributed by atoms with E-state index < -0.39 is 6.04 Å². The summed E-state index contributed by atoms with van der Waals surface area (Å²) in [5.41, 5.74) is 1.82. The molecular weight excluding hydrogens is 242 g/mol. The quantitative estimate of drug-likeness (QED) is 0.838. The monoisotopic (exact) mass is 261 g/mol. The molecule has 0 aromatic carbocycles. The topological polar surface area (TPSA) is 62.3 Å². The highest BCUT2D eigenvalue weighted by atomic mass is 16.2. The van der Waals surface area contributed by atoms with Crippen molar-refractivity contribution < 1.29 is 9.59 Å². The average molecular weight is 261 g/mol. The number of imide groups is 1. The molecule has 1 fully saturated rings. The predicted octanol–water partition coefficient (Wildman–Crippen LogP) is 1.73. The number of rotatable bonds is 4. The molecule has 0 saturated carbocycles. The van der Waals surface area contributed by atoms with Gasteiger partial charge in [0.15, 0.2) is 0 Å². The first-order valence-corrected chi connectivity index (χ1v) is 6.57. The molecule has 0 radical (unpaired) electrons. The van der Waals surface area contributed by atoms with Gasteiger partial charge in [-0.05, 0) is 31.9 Å². The minimum absolute atomic E-state index is 0.0400. The fourth-order valence-electron chi connectivity index (χ4n) is 2.21. The van der Waals surface area contributed by atoms with Gasteiger partial charge < -0.3 is 5.32 Å². The van der Waals surface area contributed by atoms with E-state index in [1.807, 2.05) is 26.8 Å².